The summed E-state index contributed by atoms with van der Waals surface area (Å²) in [5, 5.41) is 10.3. The SMILES string of the molecule is COc1ccc2c(c1)[C@@H](O)CC(c1cc(Br)c(Cl)s1)O2. The van der Waals surface area contributed by atoms with Gasteiger partial charge in [0.2, 0.25) is 0 Å². The third-order valence-electron chi connectivity index (χ3n) is 3.26. The summed E-state index contributed by atoms with van der Waals surface area (Å²) in [6.45, 7) is 0. The van der Waals surface area contributed by atoms with Crippen LogP contribution in [0.3, 0.4) is 0 Å². The van der Waals surface area contributed by atoms with Gasteiger partial charge in [-0.25, -0.2) is 0 Å². The Morgan fingerprint density at radius 3 is 2.90 bits per heavy atom. The molecule has 1 aliphatic heterocycles. The largest absolute Gasteiger partial charge is 0.497 e. The average molecular weight is 376 g/mol. The van der Waals surface area contributed by atoms with Crippen molar-refractivity contribution >= 4 is 38.9 Å². The van der Waals surface area contributed by atoms with Crippen molar-refractivity contribution in [1.29, 1.82) is 0 Å². The van der Waals surface area contributed by atoms with Crippen molar-refractivity contribution in [2.24, 2.45) is 0 Å². The first kappa shape index (κ1) is 14.2. The number of aliphatic hydroxyl groups excluding tert-OH is 1. The van der Waals surface area contributed by atoms with Gasteiger partial charge in [0.05, 0.1) is 13.2 Å². The molecule has 0 radical (unpaired) electrons. The van der Waals surface area contributed by atoms with Gasteiger partial charge in [0.15, 0.2) is 0 Å². The smallest absolute Gasteiger partial charge is 0.136 e. The molecule has 0 bridgehead atoms. The van der Waals surface area contributed by atoms with Crippen LogP contribution in [0.4, 0.5) is 0 Å². The first-order valence-corrected chi connectivity index (χ1v) is 8.04. The second-order valence-corrected chi connectivity index (χ2v) is 7.07. The number of benzene rings is 1. The molecule has 0 saturated carbocycles. The fourth-order valence-corrected chi connectivity index (χ4v) is 4.03. The lowest BCUT2D eigenvalue weighted by Gasteiger charge is -2.29. The summed E-state index contributed by atoms with van der Waals surface area (Å²) in [5.74, 6) is 1.40. The number of methoxy groups -OCH3 is 1. The maximum absolute atomic E-state index is 10.3. The number of ether oxygens (including phenoxy) is 2. The Morgan fingerprint density at radius 2 is 2.25 bits per heavy atom. The molecule has 20 heavy (non-hydrogen) atoms. The molecule has 0 fully saturated rings. The van der Waals surface area contributed by atoms with Gasteiger partial charge in [-0.05, 0) is 40.2 Å². The molecule has 0 spiro atoms. The standard InChI is InChI=1S/C14H12BrClO3S/c1-18-7-2-3-11-8(4-7)10(17)6-12(19-11)13-5-9(15)14(16)20-13/h2-5,10,12,17H,6H2,1H3/t10-,12?/m0/s1. The van der Waals surface area contributed by atoms with Crippen molar-refractivity contribution in [1.82, 2.24) is 0 Å². The molecule has 3 rings (SSSR count). The van der Waals surface area contributed by atoms with Crippen LogP contribution in [0.1, 0.15) is 29.1 Å². The normalized spacial score (nSPS) is 21.2. The van der Waals surface area contributed by atoms with Gasteiger partial charge in [0, 0.05) is 21.3 Å². The monoisotopic (exact) mass is 374 g/mol. The van der Waals surface area contributed by atoms with Crippen LogP contribution in [-0.2, 0) is 0 Å². The molecule has 6 heteroatoms. The zero-order valence-electron chi connectivity index (χ0n) is 10.6. The maximum atomic E-state index is 10.3. The lowest BCUT2D eigenvalue weighted by Crippen LogP contribution is -2.18. The van der Waals surface area contributed by atoms with E-state index >= 15 is 0 Å². The van der Waals surface area contributed by atoms with E-state index in [1.807, 2.05) is 24.3 Å². The molecule has 1 aromatic heterocycles. The summed E-state index contributed by atoms with van der Waals surface area (Å²) in [7, 11) is 1.60. The van der Waals surface area contributed by atoms with Crippen LogP contribution in [0, 0.1) is 0 Å². The second-order valence-electron chi connectivity index (χ2n) is 4.53. The maximum Gasteiger partial charge on any atom is 0.136 e. The van der Waals surface area contributed by atoms with Gasteiger partial charge in [-0.15, -0.1) is 11.3 Å². The highest BCUT2D eigenvalue weighted by Crippen LogP contribution is 2.45. The predicted molar refractivity (Wildman–Crippen MR) is 83.0 cm³/mol. The molecule has 1 aromatic carbocycles. The highest BCUT2D eigenvalue weighted by atomic mass is 79.9. The van der Waals surface area contributed by atoms with Crippen LogP contribution in [0.15, 0.2) is 28.7 Å². The Bertz CT molecular complexity index is 624. The number of hydrogen-bond donors (Lipinski definition) is 1. The molecular weight excluding hydrogens is 364 g/mol. The molecule has 2 aromatic rings. The highest BCUT2D eigenvalue weighted by molar-refractivity contribution is 9.10. The summed E-state index contributed by atoms with van der Waals surface area (Å²) >= 11 is 10.9. The lowest BCUT2D eigenvalue weighted by molar-refractivity contribution is 0.0671. The first-order chi connectivity index (χ1) is 9.58. The number of hydrogen-bond acceptors (Lipinski definition) is 4. The Hall–Kier alpha value is -0.750. The van der Waals surface area contributed by atoms with E-state index < -0.39 is 6.10 Å². The Morgan fingerprint density at radius 1 is 1.45 bits per heavy atom. The summed E-state index contributed by atoms with van der Waals surface area (Å²) in [6, 6.07) is 7.41. The first-order valence-electron chi connectivity index (χ1n) is 6.06. The van der Waals surface area contributed by atoms with Crippen molar-refractivity contribution in [2.45, 2.75) is 18.6 Å². The van der Waals surface area contributed by atoms with Crippen molar-refractivity contribution in [2.75, 3.05) is 7.11 Å². The minimum Gasteiger partial charge on any atom is -0.497 e. The fourth-order valence-electron chi connectivity index (χ4n) is 2.25. The molecule has 0 aliphatic carbocycles. The Balaban J connectivity index is 1.92. The van der Waals surface area contributed by atoms with Gasteiger partial charge >= 0.3 is 0 Å². The van der Waals surface area contributed by atoms with E-state index in [4.69, 9.17) is 21.1 Å². The fraction of sp³-hybridized carbons (Fsp3) is 0.286. The number of thiophene rings is 1. The minimum atomic E-state index is -0.571. The highest BCUT2D eigenvalue weighted by Gasteiger charge is 2.29. The molecule has 1 aliphatic rings. The quantitative estimate of drug-likeness (QED) is 0.824. The topological polar surface area (TPSA) is 38.7 Å². The van der Waals surface area contributed by atoms with E-state index in [0.717, 1.165) is 14.9 Å². The van der Waals surface area contributed by atoms with Crippen molar-refractivity contribution < 1.29 is 14.6 Å². The second kappa shape index (κ2) is 5.56. The van der Waals surface area contributed by atoms with Gasteiger partial charge in [-0.2, -0.15) is 0 Å². The minimum absolute atomic E-state index is 0.181. The summed E-state index contributed by atoms with van der Waals surface area (Å²) in [6.07, 6.45) is -0.248. The van der Waals surface area contributed by atoms with E-state index in [9.17, 15) is 5.11 Å². The molecule has 3 nitrogen and oxygen atoms in total. The molecule has 0 amide bonds. The number of fused-ring (bicyclic) bond motifs is 1. The molecular formula is C14H12BrClO3S. The summed E-state index contributed by atoms with van der Waals surface area (Å²) < 4.78 is 12.7. The van der Waals surface area contributed by atoms with Gasteiger partial charge in [-0.1, -0.05) is 11.6 Å². The summed E-state index contributed by atoms with van der Waals surface area (Å²) in [4.78, 5) is 1.00. The number of halogens is 2. The van der Waals surface area contributed by atoms with Crippen molar-refractivity contribution in [3.8, 4) is 11.5 Å². The van der Waals surface area contributed by atoms with Crippen LogP contribution in [0.2, 0.25) is 4.34 Å². The molecule has 1 N–H and O–H groups in total. The van der Waals surface area contributed by atoms with Crippen molar-refractivity contribution in [3.05, 3.63) is 43.5 Å². The molecule has 0 saturated heterocycles. The third kappa shape index (κ3) is 2.55. The average Bonchev–Trinajstić information content (AvgIpc) is 2.78. The predicted octanol–water partition coefficient (Wildman–Crippen LogP) is 4.73. The van der Waals surface area contributed by atoms with E-state index in [1.54, 1.807) is 7.11 Å². The van der Waals surface area contributed by atoms with E-state index in [1.165, 1.54) is 11.3 Å². The van der Waals surface area contributed by atoms with Gasteiger partial charge < -0.3 is 14.6 Å². The molecule has 2 heterocycles. The third-order valence-corrected chi connectivity index (χ3v) is 5.83. The number of rotatable bonds is 2. The number of aliphatic hydroxyl groups is 1. The Labute approximate surface area is 134 Å². The zero-order chi connectivity index (χ0) is 14.3. The van der Waals surface area contributed by atoms with Crippen molar-refractivity contribution in [3.63, 3.8) is 0 Å². The van der Waals surface area contributed by atoms with Gasteiger partial charge in [0.1, 0.15) is 21.9 Å². The van der Waals surface area contributed by atoms with Gasteiger partial charge in [0.25, 0.3) is 0 Å². The van der Waals surface area contributed by atoms with E-state index in [0.29, 0.717) is 22.3 Å². The van der Waals surface area contributed by atoms with E-state index in [2.05, 4.69) is 15.9 Å². The zero-order valence-corrected chi connectivity index (χ0v) is 13.8. The molecule has 1 unspecified atom stereocenters. The molecule has 2 atom stereocenters. The van der Waals surface area contributed by atoms with Crippen LogP contribution in [0.25, 0.3) is 0 Å². The van der Waals surface area contributed by atoms with Crippen LogP contribution < -0.4 is 9.47 Å². The van der Waals surface area contributed by atoms with E-state index in [-0.39, 0.29) is 6.10 Å². The summed E-state index contributed by atoms with van der Waals surface area (Å²) in [5.41, 5.74) is 0.766. The van der Waals surface area contributed by atoms with Gasteiger partial charge in [-0.3, -0.25) is 0 Å². The Kier molecular flexibility index (Phi) is 3.95. The lowest BCUT2D eigenvalue weighted by atomic mass is 9.98. The molecule has 106 valence electrons. The van der Waals surface area contributed by atoms with Crippen LogP contribution in [-0.4, -0.2) is 12.2 Å². The van der Waals surface area contributed by atoms with Crippen LogP contribution >= 0.6 is 38.9 Å². The van der Waals surface area contributed by atoms with Crippen LogP contribution in [0.5, 0.6) is 11.5 Å².